The first-order chi connectivity index (χ1) is 10.2. The van der Waals surface area contributed by atoms with Crippen LogP contribution >= 0.6 is 11.3 Å². The van der Waals surface area contributed by atoms with Gasteiger partial charge in [0, 0.05) is 16.3 Å². The quantitative estimate of drug-likeness (QED) is 0.806. The Morgan fingerprint density at radius 3 is 2.90 bits per heavy atom. The van der Waals surface area contributed by atoms with Crippen molar-refractivity contribution in [3.8, 4) is 11.5 Å². The number of aryl methyl sites for hydroxylation is 1. The lowest BCUT2D eigenvalue weighted by atomic mass is 10.1. The van der Waals surface area contributed by atoms with Crippen molar-refractivity contribution in [3.05, 3.63) is 45.6 Å². The van der Waals surface area contributed by atoms with Crippen LogP contribution in [0.3, 0.4) is 0 Å². The third kappa shape index (κ3) is 3.56. The maximum Gasteiger partial charge on any atom is 0.231 e. The summed E-state index contributed by atoms with van der Waals surface area (Å²) in [4.78, 5) is 2.24. The Morgan fingerprint density at radius 2 is 2.10 bits per heavy atom. The highest BCUT2D eigenvalue weighted by atomic mass is 32.1. The summed E-state index contributed by atoms with van der Waals surface area (Å²) in [6, 6.07) is 10.0. The summed E-state index contributed by atoms with van der Waals surface area (Å²) in [7, 11) is 0. The molecular weight excluding hydrogens is 286 g/mol. The number of benzene rings is 1. The first-order valence-electron chi connectivity index (χ1n) is 7.06. The highest BCUT2D eigenvalue weighted by Crippen LogP contribution is 2.32. The van der Waals surface area contributed by atoms with E-state index >= 15 is 0 Å². The van der Waals surface area contributed by atoms with E-state index in [-0.39, 0.29) is 0 Å². The van der Waals surface area contributed by atoms with Gasteiger partial charge in [-0.15, -0.1) is 11.3 Å². The predicted molar refractivity (Wildman–Crippen MR) is 83.2 cm³/mol. The minimum atomic E-state index is -0.430. The van der Waals surface area contributed by atoms with Gasteiger partial charge < -0.3 is 19.9 Å². The van der Waals surface area contributed by atoms with Gasteiger partial charge in [-0.25, -0.2) is 0 Å². The lowest BCUT2D eigenvalue weighted by molar-refractivity contribution is 0.174. The van der Waals surface area contributed by atoms with Crippen LogP contribution in [0.4, 0.5) is 0 Å². The fraction of sp³-hybridized carbons (Fsp3) is 0.375. The average Bonchev–Trinajstić information content (AvgIpc) is 3.11. The van der Waals surface area contributed by atoms with Gasteiger partial charge in [0.1, 0.15) is 6.10 Å². The van der Waals surface area contributed by atoms with E-state index in [1.807, 2.05) is 37.3 Å². The molecule has 1 aliphatic heterocycles. The molecule has 1 aliphatic rings. The van der Waals surface area contributed by atoms with E-state index in [1.54, 1.807) is 11.3 Å². The van der Waals surface area contributed by atoms with E-state index in [4.69, 9.17) is 9.47 Å². The predicted octanol–water partition coefficient (Wildman–Crippen LogP) is 2.65. The average molecular weight is 305 g/mol. The molecule has 2 aromatic rings. The molecule has 1 aromatic carbocycles. The van der Waals surface area contributed by atoms with Gasteiger partial charge in [-0.05, 0) is 49.7 Å². The molecule has 1 unspecified atom stereocenters. The number of thiophene rings is 1. The maximum atomic E-state index is 10.1. The molecule has 0 amide bonds. The summed E-state index contributed by atoms with van der Waals surface area (Å²) in [6.45, 7) is 3.75. The van der Waals surface area contributed by atoms with Crippen LogP contribution in [0, 0.1) is 6.92 Å². The minimum absolute atomic E-state index is 0.309. The minimum Gasteiger partial charge on any atom is -0.454 e. The Bertz CT molecular complexity index is 611. The molecule has 0 aliphatic carbocycles. The van der Waals surface area contributed by atoms with Crippen molar-refractivity contribution in [1.82, 2.24) is 5.32 Å². The third-order valence-corrected chi connectivity index (χ3v) is 4.56. The van der Waals surface area contributed by atoms with Crippen molar-refractivity contribution in [2.24, 2.45) is 0 Å². The normalized spacial score (nSPS) is 14.4. The molecule has 0 bridgehead atoms. The van der Waals surface area contributed by atoms with E-state index in [0.29, 0.717) is 13.3 Å². The number of fused-ring (bicyclic) bond motifs is 1. The Morgan fingerprint density at radius 1 is 1.24 bits per heavy atom. The Balaban J connectivity index is 1.44. The van der Waals surface area contributed by atoms with Crippen LogP contribution < -0.4 is 14.8 Å². The Labute approximate surface area is 128 Å². The largest absolute Gasteiger partial charge is 0.454 e. The van der Waals surface area contributed by atoms with E-state index in [2.05, 4.69) is 5.32 Å². The molecule has 21 heavy (non-hydrogen) atoms. The van der Waals surface area contributed by atoms with E-state index < -0.39 is 6.10 Å². The topological polar surface area (TPSA) is 50.7 Å². The van der Waals surface area contributed by atoms with Gasteiger partial charge >= 0.3 is 0 Å². The van der Waals surface area contributed by atoms with Crippen molar-refractivity contribution in [2.75, 3.05) is 19.9 Å². The number of rotatable bonds is 6. The SMILES string of the molecule is Cc1ccc(C(O)CNCCc2ccc3c(c2)OCO3)s1. The van der Waals surface area contributed by atoms with E-state index in [1.165, 1.54) is 10.4 Å². The maximum absolute atomic E-state index is 10.1. The number of hydrogen-bond acceptors (Lipinski definition) is 5. The summed E-state index contributed by atoms with van der Waals surface area (Å²) in [5, 5.41) is 13.4. The smallest absolute Gasteiger partial charge is 0.231 e. The van der Waals surface area contributed by atoms with Gasteiger partial charge in [0.25, 0.3) is 0 Å². The molecule has 2 N–H and O–H groups in total. The molecule has 0 saturated heterocycles. The van der Waals surface area contributed by atoms with Crippen LogP contribution in [0.25, 0.3) is 0 Å². The monoisotopic (exact) mass is 305 g/mol. The van der Waals surface area contributed by atoms with Gasteiger partial charge in [0.2, 0.25) is 6.79 Å². The molecule has 3 rings (SSSR count). The van der Waals surface area contributed by atoms with Crippen LogP contribution in [0.1, 0.15) is 21.4 Å². The van der Waals surface area contributed by atoms with Crippen LogP contribution in [0.5, 0.6) is 11.5 Å². The van der Waals surface area contributed by atoms with Gasteiger partial charge in [0.05, 0.1) is 0 Å². The summed E-state index contributed by atoms with van der Waals surface area (Å²) in [5.74, 6) is 1.64. The lowest BCUT2D eigenvalue weighted by Crippen LogP contribution is -2.23. The standard InChI is InChI=1S/C16H19NO3S/c1-11-2-5-16(21-11)13(18)9-17-7-6-12-3-4-14-15(8-12)20-10-19-14/h2-5,8,13,17-18H,6-7,9-10H2,1H3. The molecule has 1 aromatic heterocycles. The summed E-state index contributed by atoms with van der Waals surface area (Å²) in [6.07, 6.45) is 0.466. The van der Waals surface area contributed by atoms with Crippen LogP contribution in [0.15, 0.2) is 30.3 Å². The zero-order valence-electron chi connectivity index (χ0n) is 12.0. The molecule has 0 saturated carbocycles. The fourth-order valence-corrected chi connectivity index (χ4v) is 3.16. The van der Waals surface area contributed by atoms with Crippen molar-refractivity contribution < 1.29 is 14.6 Å². The first-order valence-corrected chi connectivity index (χ1v) is 7.87. The second kappa shape index (κ2) is 6.47. The lowest BCUT2D eigenvalue weighted by Gasteiger charge is -2.10. The van der Waals surface area contributed by atoms with Gasteiger partial charge in [0.15, 0.2) is 11.5 Å². The second-order valence-electron chi connectivity index (χ2n) is 5.11. The molecule has 112 valence electrons. The molecule has 1 atom stereocenters. The molecular formula is C16H19NO3S. The van der Waals surface area contributed by atoms with Crippen LogP contribution in [0.2, 0.25) is 0 Å². The van der Waals surface area contributed by atoms with Crippen LogP contribution in [-0.2, 0) is 6.42 Å². The molecule has 0 fully saturated rings. The molecule has 2 heterocycles. The number of aliphatic hydroxyl groups excluding tert-OH is 1. The number of ether oxygens (including phenoxy) is 2. The van der Waals surface area contributed by atoms with Gasteiger partial charge in [-0.2, -0.15) is 0 Å². The van der Waals surface area contributed by atoms with Crippen molar-refractivity contribution in [3.63, 3.8) is 0 Å². The van der Waals surface area contributed by atoms with E-state index in [0.717, 1.165) is 29.3 Å². The van der Waals surface area contributed by atoms with Crippen molar-refractivity contribution >= 4 is 11.3 Å². The highest BCUT2D eigenvalue weighted by Gasteiger charge is 2.13. The van der Waals surface area contributed by atoms with E-state index in [9.17, 15) is 5.11 Å². The first kappa shape index (κ1) is 14.4. The zero-order valence-corrected chi connectivity index (χ0v) is 12.8. The summed E-state index contributed by atoms with van der Waals surface area (Å²) in [5.41, 5.74) is 1.20. The molecule has 0 radical (unpaired) electrons. The van der Waals surface area contributed by atoms with Crippen molar-refractivity contribution in [2.45, 2.75) is 19.4 Å². The number of aliphatic hydroxyl groups is 1. The highest BCUT2D eigenvalue weighted by molar-refractivity contribution is 7.12. The Hall–Kier alpha value is -1.56. The Kier molecular flexibility index (Phi) is 4.43. The van der Waals surface area contributed by atoms with Crippen LogP contribution in [-0.4, -0.2) is 25.0 Å². The zero-order chi connectivity index (χ0) is 14.7. The third-order valence-electron chi connectivity index (χ3n) is 3.45. The van der Waals surface area contributed by atoms with Gasteiger partial charge in [-0.3, -0.25) is 0 Å². The fourth-order valence-electron chi connectivity index (χ4n) is 2.30. The van der Waals surface area contributed by atoms with Crippen molar-refractivity contribution in [1.29, 1.82) is 0 Å². The molecule has 0 spiro atoms. The number of hydrogen-bond donors (Lipinski definition) is 2. The van der Waals surface area contributed by atoms with Gasteiger partial charge in [-0.1, -0.05) is 6.07 Å². The summed E-state index contributed by atoms with van der Waals surface area (Å²) < 4.78 is 10.7. The molecule has 5 heteroatoms. The molecule has 4 nitrogen and oxygen atoms in total. The number of nitrogens with one attached hydrogen (secondary N) is 1. The summed E-state index contributed by atoms with van der Waals surface area (Å²) >= 11 is 1.64. The second-order valence-corrected chi connectivity index (χ2v) is 6.43.